The third kappa shape index (κ3) is 3.03. The standard InChI is InChI=1S/C13H20N4S/c1-9(5-14)7-18-8-12-6-17-11(3)4-10(2)15-13(17)16-12/h4,6,9H,5,7-8,14H2,1-3H3. The molecule has 0 saturated heterocycles. The van der Waals surface area contributed by atoms with Crippen molar-refractivity contribution >= 4 is 17.5 Å². The van der Waals surface area contributed by atoms with E-state index in [0.717, 1.165) is 35.2 Å². The molecular formula is C13H20N4S. The Bertz CT molecular complexity index is 535. The summed E-state index contributed by atoms with van der Waals surface area (Å²) in [4.78, 5) is 9.00. The summed E-state index contributed by atoms with van der Waals surface area (Å²) in [7, 11) is 0. The predicted molar refractivity (Wildman–Crippen MR) is 76.8 cm³/mol. The van der Waals surface area contributed by atoms with E-state index in [1.165, 1.54) is 5.69 Å². The topological polar surface area (TPSA) is 56.2 Å². The van der Waals surface area contributed by atoms with Crippen LogP contribution in [-0.4, -0.2) is 26.7 Å². The average Bonchev–Trinajstić information content (AvgIpc) is 2.72. The Morgan fingerprint density at radius 3 is 2.89 bits per heavy atom. The normalized spacial score (nSPS) is 13.1. The van der Waals surface area contributed by atoms with Gasteiger partial charge in [-0.1, -0.05) is 6.92 Å². The van der Waals surface area contributed by atoms with Gasteiger partial charge in [0, 0.05) is 23.3 Å². The quantitative estimate of drug-likeness (QED) is 0.899. The van der Waals surface area contributed by atoms with E-state index in [0.29, 0.717) is 5.92 Å². The summed E-state index contributed by atoms with van der Waals surface area (Å²) < 4.78 is 2.05. The highest BCUT2D eigenvalue weighted by Crippen LogP contribution is 2.16. The third-order valence-corrected chi connectivity index (χ3v) is 4.17. The van der Waals surface area contributed by atoms with Crippen molar-refractivity contribution in [2.75, 3.05) is 12.3 Å². The van der Waals surface area contributed by atoms with Crippen molar-refractivity contribution in [1.82, 2.24) is 14.4 Å². The Hall–Kier alpha value is -1.07. The van der Waals surface area contributed by atoms with Gasteiger partial charge in [0.2, 0.25) is 5.78 Å². The van der Waals surface area contributed by atoms with Gasteiger partial charge in [-0.25, -0.2) is 9.97 Å². The molecule has 18 heavy (non-hydrogen) atoms. The van der Waals surface area contributed by atoms with Crippen LogP contribution in [0.5, 0.6) is 0 Å². The first-order valence-electron chi connectivity index (χ1n) is 6.20. The van der Waals surface area contributed by atoms with Crippen LogP contribution in [0.1, 0.15) is 24.0 Å². The van der Waals surface area contributed by atoms with E-state index in [-0.39, 0.29) is 0 Å². The van der Waals surface area contributed by atoms with E-state index < -0.39 is 0 Å². The molecule has 0 spiro atoms. The third-order valence-electron chi connectivity index (χ3n) is 2.87. The SMILES string of the molecule is Cc1cc(C)n2cc(CSCC(C)CN)nc2n1. The van der Waals surface area contributed by atoms with E-state index in [1.54, 1.807) is 0 Å². The maximum Gasteiger partial charge on any atom is 0.234 e. The van der Waals surface area contributed by atoms with Crippen molar-refractivity contribution in [3.05, 3.63) is 29.3 Å². The lowest BCUT2D eigenvalue weighted by Crippen LogP contribution is -2.12. The summed E-state index contributed by atoms with van der Waals surface area (Å²) in [5.74, 6) is 3.37. The Morgan fingerprint density at radius 1 is 1.39 bits per heavy atom. The van der Waals surface area contributed by atoms with E-state index >= 15 is 0 Å². The highest BCUT2D eigenvalue weighted by molar-refractivity contribution is 7.98. The van der Waals surface area contributed by atoms with Gasteiger partial charge in [-0.2, -0.15) is 11.8 Å². The van der Waals surface area contributed by atoms with Gasteiger partial charge in [0.1, 0.15) is 0 Å². The lowest BCUT2D eigenvalue weighted by atomic mass is 10.2. The number of hydrogen-bond donors (Lipinski definition) is 1. The molecule has 0 aliphatic heterocycles. The zero-order chi connectivity index (χ0) is 13.1. The van der Waals surface area contributed by atoms with Crippen molar-refractivity contribution < 1.29 is 0 Å². The fraction of sp³-hybridized carbons (Fsp3) is 0.538. The Morgan fingerprint density at radius 2 is 2.17 bits per heavy atom. The second-order valence-corrected chi connectivity index (χ2v) is 5.83. The summed E-state index contributed by atoms with van der Waals surface area (Å²) in [6, 6.07) is 2.07. The van der Waals surface area contributed by atoms with Crippen molar-refractivity contribution in [3.8, 4) is 0 Å². The molecule has 2 heterocycles. The number of aryl methyl sites for hydroxylation is 2. The molecule has 4 nitrogen and oxygen atoms in total. The van der Waals surface area contributed by atoms with Crippen LogP contribution in [0.15, 0.2) is 12.3 Å². The first-order valence-corrected chi connectivity index (χ1v) is 7.35. The van der Waals surface area contributed by atoms with Crippen LogP contribution in [0.2, 0.25) is 0 Å². The molecule has 0 saturated carbocycles. The van der Waals surface area contributed by atoms with Crippen LogP contribution in [0.3, 0.4) is 0 Å². The molecule has 1 atom stereocenters. The summed E-state index contributed by atoms with van der Waals surface area (Å²) in [5, 5.41) is 0. The van der Waals surface area contributed by atoms with Crippen molar-refractivity contribution in [2.24, 2.45) is 11.7 Å². The number of fused-ring (bicyclic) bond motifs is 1. The summed E-state index contributed by atoms with van der Waals surface area (Å²) >= 11 is 1.88. The molecule has 0 amide bonds. The number of imidazole rings is 1. The Labute approximate surface area is 112 Å². The lowest BCUT2D eigenvalue weighted by molar-refractivity contribution is 0.675. The number of hydrogen-bond acceptors (Lipinski definition) is 4. The molecule has 2 aromatic rings. The van der Waals surface area contributed by atoms with Gasteiger partial charge in [0.25, 0.3) is 0 Å². The van der Waals surface area contributed by atoms with E-state index in [2.05, 4.69) is 40.5 Å². The molecule has 0 bridgehead atoms. The summed E-state index contributed by atoms with van der Waals surface area (Å²) in [6.07, 6.45) is 2.08. The summed E-state index contributed by atoms with van der Waals surface area (Å²) in [5.41, 5.74) is 8.89. The first kappa shape index (κ1) is 13.4. The lowest BCUT2D eigenvalue weighted by Gasteiger charge is -2.05. The van der Waals surface area contributed by atoms with Gasteiger partial charge in [0.05, 0.1) is 5.69 Å². The van der Waals surface area contributed by atoms with E-state index in [4.69, 9.17) is 5.73 Å². The zero-order valence-electron chi connectivity index (χ0n) is 11.2. The number of rotatable bonds is 5. The summed E-state index contributed by atoms with van der Waals surface area (Å²) in [6.45, 7) is 7.00. The number of nitrogens with two attached hydrogens (primary N) is 1. The number of aromatic nitrogens is 3. The second kappa shape index (κ2) is 5.71. The molecule has 1 unspecified atom stereocenters. The molecule has 2 rings (SSSR count). The van der Waals surface area contributed by atoms with Crippen LogP contribution < -0.4 is 5.73 Å². The van der Waals surface area contributed by atoms with Gasteiger partial charge < -0.3 is 5.73 Å². The van der Waals surface area contributed by atoms with Gasteiger partial charge in [-0.05, 0) is 38.1 Å². The van der Waals surface area contributed by atoms with Crippen LogP contribution in [0.25, 0.3) is 5.78 Å². The Kier molecular flexibility index (Phi) is 4.24. The second-order valence-electron chi connectivity index (χ2n) is 4.80. The smallest absolute Gasteiger partial charge is 0.234 e. The molecule has 2 aromatic heterocycles. The van der Waals surface area contributed by atoms with Crippen molar-refractivity contribution in [3.63, 3.8) is 0 Å². The van der Waals surface area contributed by atoms with Crippen LogP contribution >= 0.6 is 11.8 Å². The van der Waals surface area contributed by atoms with Gasteiger partial charge in [0.15, 0.2) is 0 Å². The number of thioether (sulfide) groups is 1. The molecule has 5 heteroatoms. The van der Waals surface area contributed by atoms with Crippen LogP contribution in [-0.2, 0) is 5.75 Å². The van der Waals surface area contributed by atoms with Gasteiger partial charge in [-0.3, -0.25) is 4.40 Å². The first-order chi connectivity index (χ1) is 8.60. The zero-order valence-corrected chi connectivity index (χ0v) is 12.0. The fourth-order valence-electron chi connectivity index (χ4n) is 1.82. The molecule has 0 aromatic carbocycles. The maximum atomic E-state index is 5.61. The van der Waals surface area contributed by atoms with Crippen LogP contribution in [0, 0.1) is 19.8 Å². The molecule has 0 radical (unpaired) electrons. The highest BCUT2D eigenvalue weighted by Gasteiger charge is 2.06. The molecule has 98 valence electrons. The molecular weight excluding hydrogens is 244 g/mol. The maximum absolute atomic E-state index is 5.61. The van der Waals surface area contributed by atoms with Crippen LogP contribution in [0.4, 0.5) is 0 Å². The van der Waals surface area contributed by atoms with E-state index in [1.807, 2.05) is 18.7 Å². The minimum Gasteiger partial charge on any atom is -0.330 e. The molecule has 0 aliphatic carbocycles. The largest absolute Gasteiger partial charge is 0.330 e. The monoisotopic (exact) mass is 264 g/mol. The predicted octanol–water partition coefficient (Wildman–Crippen LogP) is 2.17. The van der Waals surface area contributed by atoms with Crippen molar-refractivity contribution in [1.29, 1.82) is 0 Å². The van der Waals surface area contributed by atoms with Gasteiger partial charge >= 0.3 is 0 Å². The van der Waals surface area contributed by atoms with Crippen molar-refractivity contribution in [2.45, 2.75) is 26.5 Å². The Balaban J connectivity index is 2.08. The number of nitrogens with zero attached hydrogens (tertiary/aromatic N) is 3. The molecule has 0 fully saturated rings. The molecule has 2 N–H and O–H groups in total. The minimum atomic E-state index is 0.564. The van der Waals surface area contributed by atoms with Gasteiger partial charge in [-0.15, -0.1) is 0 Å². The minimum absolute atomic E-state index is 0.564. The average molecular weight is 264 g/mol. The molecule has 0 aliphatic rings. The highest BCUT2D eigenvalue weighted by atomic mass is 32.2. The fourth-order valence-corrected chi connectivity index (χ4v) is 2.83. The van der Waals surface area contributed by atoms with E-state index in [9.17, 15) is 0 Å².